The Hall–Kier alpha value is -2.05. The molecule has 0 bridgehead atoms. The molecular weight excluding hydrogens is 224 g/mol. The molecule has 7 heteroatoms. The summed E-state index contributed by atoms with van der Waals surface area (Å²) < 4.78 is 0. The summed E-state index contributed by atoms with van der Waals surface area (Å²) in [6.45, 7) is 5.02. The molecule has 1 aromatic heterocycles. The first-order valence-electron chi connectivity index (χ1n) is 5.07. The Bertz CT molecular complexity index is 439. The molecular formula is C10H16N4O3. The van der Waals surface area contributed by atoms with Crippen molar-refractivity contribution in [2.24, 2.45) is 5.73 Å². The molecule has 17 heavy (non-hydrogen) atoms. The lowest BCUT2D eigenvalue weighted by Gasteiger charge is -2.34. The summed E-state index contributed by atoms with van der Waals surface area (Å²) in [4.78, 5) is 23.4. The molecule has 0 saturated carbocycles. The Morgan fingerprint density at radius 2 is 2.18 bits per heavy atom. The number of aromatic nitrogens is 2. The lowest BCUT2D eigenvalue weighted by atomic mass is 9.98. The van der Waals surface area contributed by atoms with E-state index in [1.807, 2.05) is 0 Å². The zero-order chi connectivity index (χ0) is 13.2. The molecule has 0 spiro atoms. The minimum atomic E-state index is -1.01. The monoisotopic (exact) mass is 240 g/mol. The molecule has 1 rings (SSSR count). The first kappa shape index (κ1) is 13.0. The summed E-state index contributed by atoms with van der Waals surface area (Å²) in [5, 5.41) is 15.4. The van der Waals surface area contributed by atoms with Crippen molar-refractivity contribution in [1.82, 2.24) is 10.2 Å². The van der Waals surface area contributed by atoms with Crippen LogP contribution in [0.1, 0.15) is 26.0 Å². The number of carboxylic acid groups (broad SMARTS) is 1. The quantitative estimate of drug-likeness (QED) is 0.724. The van der Waals surface area contributed by atoms with Crippen LogP contribution in [0.5, 0.6) is 0 Å². The number of urea groups is 1. The van der Waals surface area contributed by atoms with Gasteiger partial charge in [0.05, 0.1) is 12.0 Å². The number of amides is 2. The number of carbonyl (C=O) groups excluding carboxylic acids is 1. The number of aliphatic carboxylic acids is 1. The Balaban J connectivity index is 3.09. The molecule has 0 aliphatic carbocycles. The molecule has 0 unspecified atom stereocenters. The number of hydrogen-bond acceptors (Lipinski definition) is 3. The second kappa shape index (κ2) is 4.44. The maximum atomic E-state index is 11.4. The molecule has 1 heterocycles. The molecule has 0 radical (unpaired) electrons. The summed E-state index contributed by atoms with van der Waals surface area (Å²) >= 11 is 0. The van der Waals surface area contributed by atoms with E-state index in [9.17, 15) is 9.59 Å². The first-order chi connectivity index (χ1) is 7.74. The van der Waals surface area contributed by atoms with Gasteiger partial charge in [-0.2, -0.15) is 5.10 Å². The Kier molecular flexibility index (Phi) is 3.40. The second-order valence-corrected chi connectivity index (χ2v) is 4.47. The lowest BCUT2D eigenvalue weighted by molar-refractivity contribution is -0.138. The second-order valence-electron chi connectivity index (χ2n) is 4.47. The number of carbonyl (C=O) groups is 2. The average Bonchev–Trinajstić information content (AvgIpc) is 2.47. The number of hydrogen-bond donors (Lipinski definition) is 3. The van der Waals surface area contributed by atoms with Crippen LogP contribution in [0.4, 0.5) is 10.6 Å². The van der Waals surface area contributed by atoms with Gasteiger partial charge in [-0.25, -0.2) is 4.79 Å². The van der Waals surface area contributed by atoms with E-state index in [-0.39, 0.29) is 6.42 Å². The van der Waals surface area contributed by atoms with E-state index in [2.05, 4.69) is 10.2 Å². The highest BCUT2D eigenvalue weighted by atomic mass is 16.4. The SMILES string of the molecule is Cc1cc(N(C(N)=O)C(C)(C)CC(=O)O)n[nH]1. The van der Waals surface area contributed by atoms with Gasteiger partial charge in [-0.3, -0.25) is 14.8 Å². The molecule has 0 saturated heterocycles. The third-order valence-electron chi connectivity index (χ3n) is 2.33. The minimum Gasteiger partial charge on any atom is -0.481 e. The Labute approximate surface area is 98.6 Å². The number of nitrogens with zero attached hydrogens (tertiary/aromatic N) is 2. The standard InChI is InChI=1S/C10H16N4O3/c1-6-4-7(13-12-6)14(9(11)17)10(2,3)5-8(15)16/h4H,5H2,1-3H3,(H2,11,17)(H,12,13)(H,15,16). The van der Waals surface area contributed by atoms with Crippen LogP contribution in [-0.2, 0) is 4.79 Å². The molecule has 94 valence electrons. The van der Waals surface area contributed by atoms with Gasteiger partial charge in [0.1, 0.15) is 0 Å². The number of anilines is 1. The summed E-state index contributed by atoms with van der Waals surface area (Å²) in [6, 6.07) is 0.900. The van der Waals surface area contributed by atoms with Gasteiger partial charge in [-0.15, -0.1) is 0 Å². The molecule has 7 nitrogen and oxygen atoms in total. The Morgan fingerprint density at radius 1 is 1.59 bits per heavy atom. The van der Waals surface area contributed by atoms with E-state index in [1.54, 1.807) is 26.8 Å². The van der Waals surface area contributed by atoms with Gasteiger partial charge in [0, 0.05) is 11.8 Å². The van der Waals surface area contributed by atoms with Crippen LogP contribution in [0.15, 0.2) is 6.07 Å². The van der Waals surface area contributed by atoms with Gasteiger partial charge in [0.2, 0.25) is 0 Å². The van der Waals surface area contributed by atoms with Gasteiger partial charge in [0.25, 0.3) is 0 Å². The van der Waals surface area contributed by atoms with Crippen LogP contribution >= 0.6 is 0 Å². The van der Waals surface area contributed by atoms with Crippen LogP contribution in [0.2, 0.25) is 0 Å². The van der Waals surface area contributed by atoms with E-state index < -0.39 is 17.5 Å². The predicted molar refractivity (Wildman–Crippen MR) is 61.7 cm³/mol. The summed E-state index contributed by atoms with van der Waals surface area (Å²) in [5.41, 5.74) is 5.10. The van der Waals surface area contributed by atoms with Crippen molar-refractivity contribution in [3.05, 3.63) is 11.8 Å². The van der Waals surface area contributed by atoms with E-state index in [0.29, 0.717) is 5.82 Å². The van der Waals surface area contributed by atoms with Crippen LogP contribution in [-0.4, -0.2) is 32.8 Å². The van der Waals surface area contributed by atoms with E-state index in [1.165, 1.54) is 4.90 Å². The fourth-order valence-corrected chi connectivity index (χ4v) is 1.69. The van der Waals surface area contributed by atoms with Gasteiger partial charge in [-0.1, -0.05) is 0 Å². The van der Waals surface area contributed by atoms with Crippen molar-refractivity contribution in [2.45, 2.75) is 32.7 Å². The molecule has 0 fully saturated rings. The predicted octanol–water partition coefficient (Wildman–Crippen LogP) is 0.857. The van der Waals surface area contributed by atoms with E-state index in [0.717, 1.165) is 5.69 Å². The largest absolute Gasteiger partial charge is 0.481 e. The summed E-state index contributed by atoms with van der Waals surface area (Å²) in [6.07, 6.45) is -0.220. The fourth-order valence-electron chi connectivity index (χ4n) is 1.69. The number of aryl methyl sites for hydroxylation is 1. The van der Waals surface area contributed by atoms with Gasteiger partial charge >= 0.3 is 12.0 Å². The lowest BCUT2D eigenvalue weighted by Crippen LogP contribution is -2.52. The normalized spacial score (nSPS) is 11.2. The van der Waals surface area contributed by atoms with E-state index in [4.69, 9.17) is 10.8 Å². The molecule has 2 amide bonds. The van der Waals surface area contributed by atoms with Crippen molar-refractivity contribution in [2.75, 3.05) is 4.90 Å². The summed E-state index contributed by atoms with van der Waals surface area (Å²) in [7, 11) is 0. The highest BCUT2D eigenvalue weighted by Gasteiger charge is 2.34. The highest BCUT2D eigenvalue weighted by Crippen LogP contribution is 2.25. The average molecular weight is 240 g/mol. The number of carboxylic acids is 1. The van der Waals surface area contributed by atoms with Crippen molar-refractivity contribution in [3.63, 3.8) is 0 Å². The van der Waals surface area contributed by atoms with Gasteiger partial charge in [-0.05, 0) is 20.8 Å². The van der Waals surface area contributed by atoms with Gasteiger partial charge in [0.15, 0.2) is 5.82 Å². The zero-order valence-electron chi connectivity index (χ0n) is 10.0. The minimum absolute atomic E-state index is 0.220. The molecule has 1 aromatic rings. The van der Waals surface area contributed by atoms with Crippen LogP contribution < -0.4 is 10.6 Å². The highest BCUT2D eigenvalue weighted by molar-refractivity contribution is 5.92. The topological polar surface area (TPSA) is 112 Å². The number of nitrogens with two attached hydrogens (primary N) is 1. The molecule has 0 aliphatic heterocycles. The molecule has 0 atom stereocenters. The number of H-pyrrole nitrogens is 1. The van der Waals surface area contributed by atoms with Crippen molar-refractivity contribution < 1.29 is 14.7 Å². The van der Waals surface area contributed by atoms with Crippen molar-refractivity contribution >= 4 is 17.8 Å². The van der Waals surface area contributed by atoms with E-state index >= 15 is 0 Å². The molecule has 4 N–H and O–H groups in total. The smallest absolute Gasteiger partial charge is 0.321 e. The number of primary amides is 1. The molecule has 0 aliphatic rings. The zero-order valence-corrected chi connectivity index (χ0v) is 10.0. The van der Waals surface area contributed by atoms with Crippen molar-refractivity contribution in [3.8, 4) is 0 Å². The van der Waals surface area contributed by atoms with Crippen molar-refractivity contribution in [1.29, 1.82) is 0 Å². The van der Waals surface area contributed by atoms with Gasteiger partial charge < -0.3 is 10.8 Å². The maximum absolute atomic E-state index is 11.4. The number of nitrogens with one attached hydrogen (secondary N) is 1. The fraction of sp³-hybridized carbons (Fsp3) is 0.500. The van der Waals surface area contributed by atoms with Crippen LogP contribution in [0.25, 0.3) is 0 Å². The molecule has 0 aromatic carbocycles. The van der Waals surface area contributed by atoms with Crippen LogP contribution in [0.3, 0.4) is 0 Å². The summed E-state index contributed by atoms with van der Waals surface area (Å²) in [5.74, 6) is -0.685. The third kappa shape index (κ3) is 2.96. The maximum Gasteiger partial charge on any atom is 0.321 e. The third-order valence-corrected chi connectivity index (χ3v) is 2.33. The number of aromatic amines is 1. The number of rotatable bonds is 4. The Morgan fingerprint density at radius 3 is 2.53 bits per heavy atom. The van der Waals surface area contributed by atoms with Crippen LogP contribution in [0, 0.1) is 6.92 Å². The first-order valence-corrected chi connectivity index (χ1v) is 5.07.